The van der Waals surface area contributed by atoms with E-state index in [-0.39, 0.29) is 5.91 Å². The summed E-state index contributed by atoms with van der Waals surface area (Å²) in [5.74, 6) is -0.0745. The summed E-state index contributed by atoms with van der Waals surface area (Å²) in [4.78, 5) is 12.0. The minimum atomic E-state index is -0.0745. The highest BCUT2D eigenvalue weighted by Gasteiger charge is 2.05. The normalized spacial score (nSPS) is 11.2. The molecule has 4 heteroatoms. The van der Waals surface area contributed by atoms with Crippen molar-refractivity contribution >= 4 is 17.3 Å². The van der Waals surface area contributed by atoms with Gasteiger partial charge in [0.25, 0.3) is 0 Å². The molecule has 2 aromatic rings. The molecule has 0 aromatic heterocycles. The number of rotatable bonds is 4. The number of carbonyl (C=O) groups excluding carboxylic acids is 1. The van der Waals surface area contributed by atoms with Gasteiger partial charge in [-0.3, -0.25) is 4.79 Å². The van der Waals surface area contributed by atoms with E-state index < -0.39 is 0 Å². The van der Waals surface area contributed by atoms with Crippen LogP contribution in [0, 0.1) is 6.92 Å². The SMILES string of the molecule is C/C(=N\O)c1cccc(NC(=O)Cc2ccc(C)cc2)c1. The van der Waals surface area contributed by atoms with E-state index in [2.05, 4.69) is 10.5 Å². The fourth-order valence-electron chi connectivity index (χ4n) is 1.98. The molecule has 2 N–H and O–H groups in total. The standard InChI is InChI=1S/C17H18N2O2/c1-12-6-8-14(9-7-12)10-17(20)18-16-5-3-4-15(11-16)13(2)19-21/h3-9,11,21H,10H2,1-2H3,(H,18,20)/b19-13+. The van der Waals surface area contributed by atoms with Crippen LogP contribution in [0.5, 0.6) is 0 Å². The summed E-state index contributed by atoms with van der Waals surface area (Å²) in [6, 6.07) is 15.1. The van der Waals surface area contributed by atoms with Crippen molar-refractivity contribution in [1.29, 1.82) is 0 Å². The molecular formula is C17H18N2O2. The van der Waals surface area contributed by atoms with Crippen molar-refractivity contribution in [2.45, 2.75) is 20.3 Å². The molecule has 0 spiro atoms. The summed E-state index contributed by atoms with van der Waals surface area (Å²) in [6.45, 7) is 3.72. The summed E-state index contributed by atoms with van der Waals surface area (Å²) >= 11 is 0. The number of nitrogens with one attached hydrogen (secondary N) is 1. The first-order chi connectivity index (χ1) is 10.1. The molecule has 0 aliphatic carbocycles. The highest BCUT2D eigenvalue weighted by molar-refractivity contribution is 6.00. The molecule has 108 valence electrons. The number of hydrogen-bond donors (Lipinski definition) is 2. The van der Waals surface area contributed by atoms with Crippen molar-refractivity contribution < 1.29 is 10.0 Å². The number of hydrogen-bond acceptors (Lipinski definition) is 3. The molecule has 0 atom stereocenters. The highest BCUT2D eigenvalue weighted by Crippen LogP contribution is 2.12. The van der Waals surface area contributed by atoms with Crippen LogP contribution in [0.3, 0.4) is 0 Å². The molecule has 0 bridgehead atoms. The molecule has 0 aliphatic rings. The van der Waals surface area contributed by atoms with E-state index in [1.807, 2.05) is 43.3 Å². The Morgan fingerprint density at radius 3 is 2.57 bits per heavy atom. The van der Waals surface area contributed by atoms with Gasteiger partial charge in [0.1, 0.15) is 0 Å². The van der Waals surface area contributed by atoms with Gasteiger partial charge in [0.15, 0.2) is 0 Å². The lowest BCUT2D eigenvalue weighted by molar-refractivity contribution is -0.115. The third-order valence-electron chi connectivity index (χ3n) is 3.20. The number of oxime groups is 1. The van der Waals surface area contributed by atoms with Crippen LogP contribution in [0.25, 0.3) is 0 Å². The second-order valence-electron chi connectivity index (χ2n) is 4.98. The van der Waals surface area contributed by atoms with Gasteiger partial charge in [-0.1, -0.05) is 47.1 Å². The van der Waals surface area contributed by atoms with Crippen molar-refractivity contribution in [3.05, 3.63) is 65.2 Å². The van der Waals surface area contributed by atoms with Crippen molar-refractivity contribution in [1.82, 2.24) is 0 Å². The zero-order valence-electron chi connectivity index (χ0n) is 12.1. The monoisotopic (exact) mass is 282 g/mol. The Kier molecular flexibility index (Phi) is 4.72. The maximum absolute atomic E-state index is 12.0. The quantitative estimate of drug-likeness (QED) is 0.513. The van der Waals surface area contributed by atoms with Gasteiger partial charge in [0, 0.05) is 11.3 Å². The summed E-state index contributed by atoms with van der Waals surface area (Å²) in [6.07, 6.45) is 0.331. The summed E-state index contributed by atoms with van der Waals surface area (Å²) < 4.78 is 0. The molecule has 0 saturated heterocycles. The van der Waals surface area contributed by atoms with Gasteiger partial charge in [-0.2, -0.15) is 0 Å². The second kappa shape index (κ2) is 6.70. The topological polar surface area (TPSA) is 61.7 Å². The van der Waals surface area contributed by atoms with E-state index >= 15 is 0 Å². The third-order valence-corrected chi connectivity index (χ3v) is 3.20. The smallest absolute Gasteiger partial charge is 0.228 e. The predicted octanol–water partition coefficient (Wildman–Crippen LogP) is 3.37. The lowest BCUT2D eigenvalue weighted by Crippen LogP contribution is -2.14. The van der Waals surface area contributed by atoms with Crippen LogP contribution in [0.15, 0.2) is 53.7 Å². The molecule has 0 aliphatic heterocycles. The first-order valence-corrected chi connectivity index (χ1v) is 6.73. The van der Waals surface area contributed by atoms with Gasteiger partial charge in [-0.05, 0) is 31.5 Å². The molecule has 0 radical (unpaired) electrons. The average molecular weight is 282 g/mol. The van der Waals surface area contributed by atoms with Crippen LogP contribution in [0.2, 0.25) is 0 Å². The van der Waals surface area contributed by atoms with E-state index in [0.717, 1.165) is 11.1 Å². The molecule has 2 rings (SSSR count). The van der Waals surface area contributed by atoms with Gasteiger partial charge >= 0.3 is 0 Å². The Labute approximate surface area is 124 Å². The molecule has 0 unspecified atom stereocenters. The van der Waals surface area contributed by atoms with E-state index in [4.69, 9.17) is 5.21 Å². The van der Waals surface area contributed by atoms with Gasteiger partial charge in [0.2, 0.25) is 5.91 Å². The van der Waals surface area contributed by atoms with Crippen LogP contribution >= 0.6 is 0 Å². The van der Waals surface area contributed by atoms with E-state index in [1.165, 1.54) is 5.56 Å². The Hall–Kier alpha value is -2.62. The second-order valence-corrected chi connectivity index (χ2v) is 4.98. The predicted molar refractivity (Wildman–Crippen MR) is 84.0 cm³/mol. The Morgan fingerprint density at radius 2 is 1.90 bits per heavy atom. The first-order valence-electron chi connectivity index (χ1n) is 6.73. The number of aryl methyl sites for hydroxylation is 1. The lowest BCUT2D eigenvalue weighted by atomic mass is 10.1. The average Bonchev–Trinajstić information content (AvgIpc) is 2.49. The molecule has 2 aromatic carbocycles. The molecule has 21 heavy (non-hydrogen) atoms. The Bertz CT molecular complexity index is 661. The fourth-order valence-corrected chi connectivity index (χ4v) is 1.98. The van der Waals surface area contributed by atoms with Crippen molar-refractivity contribution in [2.24, 2.45) is 5.16 Å². The Morgan fingerprint density at radius 1 is 1.19 bits per heavy atom. The molecule has 0 heterocycles. The number of amides is 1. The highest BCUT2D eigenvalue weighted by atomic mass is 16.4. The number of carbonyl (C=O) groups is 1. The van der Waals surface area contributed by atoms with Gasteiger partial charge in [0.05, 0.1) is 12.1 Å². The molecule has 0 saturated carbocycles. The van der Waals surface area contributed by atoms with Crippen LogP contribution in [0.4, 0.5) is 5.69 Å². The fraction of sp³-hybridized carbons (Fsp3) is 0.176. The van der Waals surface area contributed by atoms with E-state index in [0.29, 0.717) is 17.8 Å². The minimum Gasteiger partial charge on any atom is -0.411 e. The van der Waals surface area contributed by atoms with Crippen LogP contribution in [-0.2, 0) is 11.2 Å². The number of anilines is 1. The lowest BCUT2D eigenvalue weighted by Gasteiger charge is -2.07. The zero-order valence-corrected chi connectivity index (χ0v) is 12.1. The molecular weight excluding hydrogens is 264 g/mol. The van der Waals surface area contributed by atoms with Gasteiger partial charge < -0.3 is 10.5 Å². The Balaban J connectivity index is 2.04. The van der Waals surface area contributed by atoms with Gasteiger partial charge in [-0.25, -0.2) is 0 Å². The van der Waals surface area contributed by atoms with E-state index in [9.17, 15) is 4.79 Å². The molecule has 1 amide bonds. The zero-order chi connectivity index (χ0) is 15.2. The maximum atomic E-state index is 12.0. The minimum absolute atomic E-state index is 0.0745. The van der Waals surface area contributed by atoms with E-state index in [1.54, 1.807) is 19.1 Å². The maximum Gasteiger partial charge on any atom is 0.228 e. The largest absolute Gasteiger partial charge is 0.411 e. The summed E-state index contributed by atoms with van der Waals surface area (Å²) in [5.41, 5.74) is 4.11. The van der Waals surface area contributed by atoms with Crippen molar-refractivity contribution in [3.63, 3.8) is 0 Å². The van der Waals surface area contributed by atoms with Crippen LogP contribution < -0.4 is 5.32 Å². The third kappa shape index (κ3) is 4.18. The summed E-state index contributed by atoms with van der Waals surface area (Å²) in [5, 5.41) is 14.8. The molecule has 0 fully saturated rings. The first kappa shape index (κ1) is 14.8. The van der Waals surface area contributed by atoms with Gasteiger partial charge in [-0.15, -0.1) is 0 Å². The number of nitrogens with zero attached hydrogens (tertiary/aromatic N) is 1. The van der Waals surface area contributed by atoms with Crippen molar-refractivity contribution in [3.8, 4) is 0 Å². The van der Waals surface area contributed by atoms with Crippen molar-refractivity contribution in [2.75, 3.05) is 5.32 Å². The van der Waals surface area contributed by atoms with Crippen LogP contribution in [-0.4, -0.2) is 16.8 Å². The summed E-state index contributed by atoms with van der Waals surface area (Å²) in [7, 11) is 0. The molecule has 4 nitrogen and oxygen atoms in total. The number of benzene rings is 2. The van der Waals surface area contributed by atoms with Crippen LogP contribution in [0.1, 0.15) is 23.6 Å².